The van der Waals surface area contributed by atoms with Crippen molar-refractivity contribution in [3.63, 3.8) is 0 Å². The Bertz CT molecular complexity index is 376. The molecule has 1 aliphatic rings. The molecule has 0 amide bonds. The van der Waals surface area contributed by atoms with E-state index in [-0.39, 0.29) is 18.1 Å². The molecule has 2 rings (SSSR count). The summed E-state index contributed by atoms with van der Waals surface area (Å²) in [4.78, 5) is 4.44. The van der Waals surface area contributed by atoms with E-state index in [1.807, 2.05) is 26.1 Å². The van der Waals surface area contributed by atoms with Crippen LogP contribution in [0.3, 0.4) is 0 Å². The molecule has 1 heterocycles. The molecule has 1 aromatic heterocycles. The van der Waals surface area contributed by atoms with Crippen molar-refractivity contribution in [3.05, 3.63) is 29.6 Å². The highest BCUT2D eigenvalue weighted by Gasteiger charge is 2.25. The highest BCUT2D eigenvalue weighted by molar-refractivity contribution is 5.24. The Morgan fingerprint density at radius 3 is 3.12 bits per heavy atom. The van der Waals surface area contributed by atoms with Crippen molar-refractivity contribution in [3.8, 4) is 0 Å². The van der Waals surface area contributed by atoms with E-state index >= 15 is 0 Å². The highest BCUT2D eigenvalue weighted by atomic mass is 16.5. The molecular weight excluding hydrogens is 214 g/mol. The van der Waals surface area contributed by atoms with Gasteiger partial charge in [0, 0.05) is 11.6 Å². The maximum Gasteiger partial charge on any atom is 0.0997 e. The number of pyridine rings is 1. The quantitative estimate of drug-likeness (QED) is 0.872. The van der Waals surface area contributed by atoms with Crippen LogP contribution in [0.5, 0.6) is 0 Å². The zero-order valence-electron chi connectivity index (χ0n) is 10.6. The molecule has 1 aromatic rings. The van der Waals surface area contributed by atoms with Crippen LogP contribution in [0.2, 0.25) is 0 Å². The van der Waals surface area contributed by atoms with E-state index in [2.05, 4.69) is 11.1 Å². The van der Waals surface area contributed by atoms with Gasteiger partial charge in [-0.3, -0.25) is 4.98 Å². The van der Waals surface area contributed by atoms with E-state index < -0.39 is 0 Å². The van der Waals surface area contributed by atoms with E-state index in [9.17, 15) is 5.11 Å². The van der Waals surface area contributed by atoms with Gasteiger partial charge in [0.2, 0.25) is 0 Å². The smallest absolute Gasteiger partial charge is 0.0997 e. The maximum absolute atomic E-state index is 9.22. The van der Waals surface area contributed by atoms with Crippen molar-refractivity contribution in [1.29, 1.82) is 0 Å². The molecule has 0 aromatic carbocycles. The summed E-state index contributed by atoms with van der Waals surface area (Å²) >= 11 is 0. The largest absolute Gasteiger partial charge is 0.396 e. The van der Waals surface area contributed by atoms with Gasteiger partial charge in [0.05, 0.1) is 25.0 Å². The lowest BCUT2D eigenvalue weighted by atomic mass is 9.92. The summed E-state index contributed by atoms with van der Waals surface area (Å²) in [5, 5.41) is 9.22. The summed E-state index contributed by atoms with van der Waals surface area (Å²) < 4.78 is 5.94. The molecule has 0 aliphatic heterocycles. The first kappa shape index (κ1) is 12.5. The number of ether oxygens (including phenoxy) is 1. The van der Waals surface area contributed by atoms with Crippen molar-refractivity contribution in [2.24, 2.45) is 5.41 Å². The fourth-order valence-corrected chi connectivity index (χ4v) is 2.10. The predicted octanol–water partition coefficient (Wildman–Crippen LogP) is 2.49. The summed E-state index contributed by atoms with van der Waals surface area (Å²) in [7, 11) is 0. The Morgan fingerprint density at radius 2 is 2.35 bits per heavy atom. The molecule has 0 saturated carbocycles. The number of fused-ring (bicyclic) bond motifs is 1. The third kappa shape index (κ3) is 3.05. The van der Waals surface area contributed by atoms with Gasteiger partial charge in [0.1, 0.15) is 0 Å². The fraction of sp³-hybridized carbons (Fsp3) is 0.643. The lowest BCUT2D eigenvalue weighted by Crippen LogP contribution is -2.26. The molecule has 1 aliphatic carbocycles. The van der Waals surface area contributed by atoms with Gasteiger partial charge in [-0.2, -0.15) is 0 Å². The third-order valence-electron chi connectivity index (χ3n) is 3.25. The molecule has 0 saturated heterocycles. The molecule has 1 N–H and O–H groups in total. The lowest BCUT2D eigenvalue weighted by Gasteiger charge is -2.28. The first-order valence-corrected chi connectivity index (χ1v) is 6.29. The number of aliphatic hydroxyl groups is 1. The highest BCUT2D eigenvalue weighted by Crippen LogP contribution is 2.32. The van der Waals surface area contributed by atoms with E-state index in [0.717, 1.165) is 25.0 Å². The molecule has 3 heteroatoms. The maximum atomic E-state index is 9.22. The minimum atomic E-state index is -0.174. The second-order valence-corrected chi connectivity index (χ2v) is 5.56. The van der Waals surface area contributed by atoms with E-state index in [1.54, 1.807) is 0 Å². The summed E-state index contributed by atoms with van der Waals surface area (Å²) in [6, 6.07) is 4.12. The number of aromatic nitrogens is 1. The van der Waals surface area contributed by atoms with Crippen LogP contribution in [0.4, 0.5) is 0 Å². The summed E-state index contributed by atoms with van der Waals surface area (Å²) in [5.41, 5.74) is 2.23. The summed E-state index contributed by atoms with van der Waals surface area (Å²) in [6.45, 7) is 4.74. The van der Waals surface area contributed by atoms with Crippen molar-refractivity contribution >= 4 is 0 Å². The van der Waals surface area contributed by atoms with Gasteiger partial charge in [-0.25, -0.2) is 0 Å². The molecular formula is C14H21NO2. The van der Waals surface area contributed by atoms with E-state index in [4.69, 9.17) is 4.74 Å². The fourth-order valence-electron chi connectivity index (χ4n) is 2.10. The Kier molecular flexibility index (Phi) is 3.79. The normalized spacial score (nSPS) is 20.1. The van der Waals surface area contributed by atoms with Gasteiger partial charge in [-0.15, -0.1) is 0 Å². The SMILES string of the molecule is CC(C)(CO)COC1CCCc2cccnc21. The Labute approximate surface area is 103 Å². The number of hydrogen-bond acceptors (Lipinski definition) is 3. The topological polar surface area (TPSA) is 42.4 Å². The zero-order valence-corrected chi connectivity index (χ0v) is 10.6. The number of rotatable bonds is 4. The number of nitrogens with zero attached hydrogens (tertiary/aromatic N) is 1. The minimum absolute atomic E-state index is 0.103. The van der Waals surface area contributed by atoms with Crippen LogP contribution >= 0.6 is 0 Å². The van der Waals surface area contributed by atoms with Gasteiger partial charge in [-0.1, -0.05) is 19.9 Å². The second-order valence-electron chi connectivity index (χ2n) is 5.56. The molecule has 3 nitrogen and oxygen atoms in total. The van der Waals surface area contributed by atoms with Crippen molar-refractivity contribution < 1.29 is 9.84 Å². The molecule has 17 heavy (non-hydrogen) atoms. The van der Waals surface area contributed by atoms with Gasteiger partial charge < -0.3 is 9.84 Å². The number of hydrogen-bond donors (Lipinski definition) is 1. The average molecular weight is 235 g/mol. The average Bonchev–Trinajstić information content (AvgIpc) is 2.36. The minimum Gasteiger partial charge on any atom is -0.396 e. The number of aryl methyl sites for hydroxylation is 1. The van der Waals surface area contributed by atoms with E-state index in [1.165, 1.54) is 5.56 Å². The van der Waals surface area contributed by atoms with Crippen LogP contribution in [-0.4, -0.2) is 23.3 Å². The van der Waals surface area contributed by atoms with Crippen LogP contribution in [-0.2, 0) is 11.2 Å². The van der Waals surface area contributed by atoms with Crippen molar-refractivity contribution in [2.45, 2.75) is 39.2 Å². The van der Waals surface area contributed by atoms with Crippen LogP contribution in [0, 0.1) is 5.41 Å². The standard InChI is InChI=1S/C14H21NO2/c1-14(2,9-16)10-17-12-7-3-5-11-6-4-8-15-13(11)12/h4,6,8,12,16H,3,5,7,9-10H2,1-2H3. The van der Waals surface area contributed by atoms with Crippen LogP contribution in [0.1, 0.15) is 44.1 Å². The third-order valence-corrected chi connectivity index (χ3v) is 3.25. The molecule has 1 unspecified atom stereocenters. The Morgan fingerprint density at radius 1 is 1.53 bits per heavy atom. The predicted molar refractivity (Wildman–Crippen MR) is 66.7 cm³/mol. The van der Waals surface area contributed by atoms with E-state index in [0.29, 0.717) is 6.61 Å². The summed E-state index contributed by atoms with van der Waals surface area (Å²) in [5.74, 6) is 0. The second kappa shape index (κ2) is 5.15. The first-order valence-electron chi connectivity index (χ1n) is 6.29. The molecule has 94 valence electrons. The molecule has 0 bridgehead atoms. The van der Waals surface area contributed by atoms with Crippen LogP contribution < -0.4 is 0 Å². The molecule has 1 atom stereocenters. The van der Waals surface area contributed by atoms with Crippen molar-refractivity contribution in [2.75, 3.05) is 13.2 Å². The summed E-state index contributed by atoms with van der Waals surface area (Å²) in [6.07, 6.45) is 5.23. The van der Waals surface area contributed by atoms with Crippen LogP contribution in [0.25, 0.3) is 0 Å². The van der Waals surface area contributed by atoms with Gasteiger partial charge in [0.15, 0.2) is 0 Å². The number of aliphatic hydroxyl groups excluding tert-OH is 1. The first-order chi connectivity index (χ1) is 8.12. The van der Waals surface area contributed by atoms with Crippen molar-refractivity contribution in [1.82, 2.24) is 4.98 Å². The van der Waals surface area contributed by atoms with Gasteiger partial charge in [0.25, 0.3) is 0 Å². The Balaban J connectivity index is 2.04. The van der Waals surface area contributed by atoms with Crippen LogP contribution in [0.15, 0.2) is 18.3 Å². The molecule has 0 radical (unpaired) electrons. The van der Waals surface area contributed by atoms with Gasteiger partial charge in [-0.05, 0) is 30.9 Å². The zero-order chi connectivity index (χ0) is 12.3. The monoisotopic (exact) mass is 235 g/mol. The van der Waals surface area contributed by atoms with Gasteiger partial charge >= 0.3 is 0 Å². The molecule has 0 spiro atoms. The molecule has 0 fully saturated rings. The Hall–Kier alpha value is -0.930. The lowest BCUT2D eigenvalue weighted by molar-refractivity contribution is -0.0271.